The summed E-state index contributed by atoms with van der Waals surface area (Å²) in [7, 11) is 0. The molecule has 4 aromatic rings. The highest BCUT2D eigenvalue weighted by atomic mass is 35.5. The average molecular weight is 557 g/mol. The second kappa shape index (κ2) is 12.9. The summed E-state index contributed by atoms with van der Waals surface area (Å²) in [5, 5.41) is 28.1. The van der Waals surface area contributed by atoms with Gasteiger partial charge in [0.25, 0.3) is 0 Å². The molecule has 1 aliphatic rings. The molecule has 3 N–H and O–H groups in total. The number of anilines is 1. The highest BCUT2D eigenvalue weighted by molar-refractivity contribution is 6.30. The van der Waals surface area contributed by atoms with E-state index in [-0.39, 0.29) is 18.5 Å². The van der Waals surface area contributed by atoms with Crippen molar-refractivity contribution >= 4 is 28.9 Å². The van der Waals surface area contributed by atoms with E-state index in [2.05, 4.69) is 44.1 Å². The van der Waals surface area contributed by atoms with Crippen LogP contribution in [0.15, 0.2) is 78.9 Å². The number of amides is 2. The fourth-order valence-electron chi connectivity index (χ4n) is 4.92. The quantitative estimate of drug-likeness (QED) is 0.216. The number of aliphatic hydroxyl groups excluding tert-OH is 1. The fourth-order valence-corrected chi connectivity index (χ4v) is 5.05. The summed E-state index contributed by atoms with van der Waals surface area (Å²) >= 11 is 6.05. The van der Waals surface area contributed by atoms with Crippen molar-refractivity contribution < 1.29 is 9.90 Å². The number of tetrazole rings is 1. The molecule has 1 aromatic heterocycles. The molecule has 8 nitrogen and oxygen atoms in total. The van der Waals surface area contributed by atoms with Crippen molar-refractivity contribution in [1.82, 2.24) is 25.9 Å². The average Bonchev–Trinajstić information content (AvgIpc) is 3.50. The minimum atomic E-state index is -0.757. The molecule has 1 aliphatic carbocycles. The molecular formula is C31H33ClN6O2. The van der Waals surface area contributed by atoms with Crippen molar-refractivity contribution in [3.05, 3.63) is 112 Å². The Bertz CT molecular complexity index is 1420. The van der Waals surface area contributed by atoms with Crippen LogP contribution in [0.3, 0.4) is 0 Å². The third-order valence-corrected chi connectivity index (χ3v) is 7.52. The number of benzene rings is 3. The molecule has 0 fully saturated rings. The number of H-pyrrole nitrogens is 1. The van der Waals surface area contributed by atoms with E-state index in [0.29, 0.717) is 17.4 Å². The van der Waals surface area contributed by atoms with Gasteiger partial charge in [0, 0.05) is 17.1 Å². The molecule has 9 heteroatoms. The first-order valence-corrected chi connectivity index (χ1v) is 14.0. The predicted octanol–water partition coefficient (Wildman–Crippen LogP) is 6.56. The molecule has 2 amide bonds. The Morgan fingerprint density at radius 1 is 1.02 bits per heavy atom. The number of aliphatic hydroxyl groups is 1. The summed E-state index contributed by atoms with van der Waals surface area (Å²) < 4.78 is 0. The normalized spacial score (nSPS) is 14.7. The van der Waals surface area contributed by atoms with Crippen LogP contribution in [-0.4, -0.2) is 31.8 Å². The van der Waals surface area contributed by atoms with E-state index in [1.807, 2.05) is 67.6 Å². The van der Waals surface area contributed by atoms with Crippen molar-refractivity contribution in [2.75, 3.05) is 4.90 Å². The van der Waals surface area contributed by atoms with Crippen LogP contribution in [-0.2, 0) is 13.0 Å². The molecule has 1 heterocycles. The van der Waals surface area contributed by atoms with Gasteiger partial charge in [-0.1, -0.05) is 71.4 Å². The van der Waals surface area contributed by atoms with Crippen LogP contribution in [0.2, 0.25) is 5.02 Å². The Kier molecular flexibility index (Phi) is 8.88. The third-order valence-electron chi connectivity index (χ3n) is 7.27. The highest BCUT2D eigenvalue weighted by Gasteiger charge is 2.20. The van der Waals surface area contributed by atoms with Crippen LogP contribution in [0.4, 0.5) is 10.5 Å². The number of nitrogens with one attached hydrogen (secondary N) is 2. The van der Waals surface area contributed by atoms with Gasteiger partial charge in [0.2, 0.25) is 0 Å². The standard InChI is InChI=1S/C31H33ClN6O2/c1-21(23-11-15-27(32)16-12-23)33-31(40)38(28-17-13-25(14-18-28)24-5-3-2-4-6-24)20-22-7-9-26(10-8-22)29(39)19-30-34-36-37-35-30/h5,7-18,21,29,39H,2-4,6,19-20H2,1H3,(H,33,40)(H,34,35,36,37). The zero-order valence-electron chi connectivity index (χ0n) is 22.4. The van der Waals surface area contributed by atoms with Gasteiger partial charge in [0.05, 0.1) is 18.7 Å². The van der Waals surface area contributed by atoms with Gasteiger partial charge in [-0.15, -0.1) is 10.2 Å². The van der Waals surface area contributed by atoms with Gasteiger partial charge in [0.15, 0.2) is 5.82 Å². The smallest absolute Gasteiger partial charge is 0.322 e. The summed E-state index contributed by atoms with van der Waals surface area (Å²) in [6.07, 6.45) is 6.49. The lowest BCUT2D eigenvalue weighted by molar-refractivity contribution is 0.176. The number of carbonyl (C=O) groups is 1. The number of halogens is 1. The molecule has 0 saturated carbocycles. The van der Waals surface area contributed by atoms with Gasteiger partial charge in [0.1, 0.15) is 0 Å². The maximum Gasteiger partial charge on any atom is 0.322 e. The molecule has 206 valence electrons. The zero-order chi connectivity index (χ0) is 27.9. The van der Waals surface area contributed by atoms with Crippen molar-refractivity contribution in [2.24, 2.45) is 0 Å². The van der Waals surface area contributed by atoms with E-state index in [9.17, 15) is 9.90 Å². The van der Waals surface area contributed by atoms with Gasteiger partial charge >= 0.3 is 6.03 Å². The number of nitrogens with zero attached hydrogens (tertiary/aromatic N) is 4. The first-order valence-electron chi connectivity index (χ1n) is 13.6. The van der Waals surface area contributed by atoms with Gasteiger partial charge in [-0.05, 0) is 84.7 Å². The lowest BCUT2D eigenvalue weighted by Crippen LogP contribution is -2.40. The summed E-state index contributed by atoms with van der Waals surface area (Å²) in [5.74, 6) is 0.446. The minimum Gasteiger partial charge on any atom is -0.388 e. The molecule has 0 bridgehead atoms. The van der Waals surface area contributed by atoms with Gasteiger partial charge in [-0.3, -0.25) is 4.90 Å². The van der Waals surface area contributed by atoms with Crippen LogP contribution in [0.5, 0.6) is 0 Å². The van der Waals surface area contributed by atoms with Crippen molar-refractivity contribution in [3.63, 3.8) is 0 Å². The van der Waals surface area contributed by atoms with E-state index < -0.39 is 6.10 Å². The monoisotopic (exact) mass is 556 g/mol. The van der Waals surface area contributed by atoms with Crippen LogP contribution in [0.25, 0.3) is 5.57 Å². The minimum absolute atomic E-state index is 0.201. The second-order valence-electron chi connectivity index (χ2n) is 10.1. The maximum absolute atomic E-state index is 13.7. The number of hydrogen-bond donors (Lipinski definition) is 3. The number of rotatable bonds is 9. The zero-order valence-corrected chi connectivity index (χ0v) is 23.2. The summed E-state index contributed by atoms with van der Waals surface area (Å²) in [6.45, 7) is 2.32. The maximum atomic E-state index is 13.7. The molecule has 5 rings (SSSR count). The van der Waals surface area contributed by atoms with Crippen LogP contribution in [0, 0.1) is 0 Å². The van der Waals surface area contributed by atoms with E-state index in [0.717, 1.165) is 35.2 Å². The Labute approximate surface area is 239 Å². The summed E-state index contributed by atoms with van der Waals surface area (Å²) in [5.41, 5.74) is 6.03. The Balaban J connectivity index is 1.35. The first kappa shape index (κ1) is 27.6. The van der Waals surface area contributed by atoms with Crippen molar-refractivity contribution in [1.29, 1.82) is 0 Å². The van der Waals surface area contributed by atoms with Crippen LogP contribution >= 0.6 is 11.6 Å². The van der Waals surface area contributed by atoms with Crippen LogP contribution in [0.1, 0.15) is 72.8 Å². The summed E-state index contributed by atoms with van der Waals surface area (Å²) in [6, 6.07) is 22.9. The van der Waals surface area contributed by atoms with Crippen LogP contribution < -0.4 is 10.2 Å². The van der Waals surface area contributed by atoms with Gasteiger partial charge < -0.3 is 10.4 Å². The number of hydrogen-bond acceptors (Lipinski definition) is 5. The number of aromatic amines is 1. The van der Waals surface area contributed by atoms with Gasteiger partial charge in [-0.25, -0.2) is 4.79 Å². The molecule has 0 aliphatic heterocycles. The molecule has 0 saturated heterocycles. The highest BCUT2D eigenvalue weighted by Crippen LogP contribution is 2.29. The third kappa shape index (κ3) is 6.94. The SMILES string of the molecule is CC(NC(=O)N(Cc1ccc(C(O)Cc2nn[nH]n2)cc1)c1ccc(C2=CCCCC2)cc1)c1ccc(Cl)cc1. The van der Waals surface area contributed by atoms with E-state index in [4.69, 9.17) is 11.6 Å². The number of aromatic nitrogens is 4. The Hall–Kier alpha value is -4.01. The molecule has 2 unspecified atom stereocenters. The Morgan fingerprint density at radius 2 is 1.75 bits per heavy atom. The van der Waals surface area contributed by atoms with E-state index in [1.54, 1.807) is 4.90 Å². The lowest BCUT2D eigenvalue weighted by Gasteiger charge is -2.26. The van der Waals surface area contributed by atoms with E-state index >= 15 is 0 Å². The largest absolute Gasteiger partial charge is 0.388 e. The molecule has 2 atom stereocenters. The van der Waals surface area contributed by atoms with Gasteiger partial charge in [-0.2, -0.15) is 5.21 Å². The predicted molar refractivity (Wildman–Crippen MR) is 157 cm³/mol. The second-order valence-corrected chi connectivity index (χ2v) is 10.6. The summed E-state index contributed by atoms with van der Waals surface area (Å²) in [4.78, 5) is 15.4. The molecular weight excluding hydrogens is 524 g/mol. The Morgan fingerprint density at radius 3 is 2.40 bits per heavy atom. The number of allylic oxidation sites excluding steroid dienone is 2. The topological polar surface area (TPSA) is 107 Å². The molecule has 3 aromatic carbocycles. The molecule has 40 heavy (non-hydrogen) atoms. The first-order chi connectivity index (χ1) is 19.5. The molecule has 0 radical (unpaired) electrons. The molecule has 0 spiro atoms. The number of urea groups is 1. The van der Waals surface area contributed by atoms with Crippen molar-refractivity contribution in [3.8, 4) is 0 Å². The van der Waals surface area contributed by atoms with E-state index in [1.165, 1.54) is 24.0 Å². The number of carbonyl (C=O) groups excluding carboxylic acids is 1. The fraction of sp³-hybridized carbons (Fsp3) is 0.290. The lowest BCUT2D eigenvalue weighted by atomic mass is 9.93. The van der Waals surface area contributed by atoms with Crippen molar-refractivity contribution in [2.45, 2.75) is 57.7 Å².